The fraction of sp³-hybridized carbons (Fsp3) is 0. The van der Waals surface area contributed by atoms with Crippen LogP contribution >= 0.6 is 0 Å². The largest absolute Gasteiger partial charge is 0.454 e. The summed E-state index contributed by atoms with van der Waals surface area (Å²) in [5.74, 6) is 0. The van der Waals surface area contributed by atoms with E-state index in [1.165, 1.54) is 27.5 Å². The van der Waals surface area contributed by atoms with Crippen molar-refractivity contribution in [1.82, 2.24) is 0 Å². The van der Waals surface area contributed by atoms with Gasteiger partial charge in [-0.15, -0.1) is 0 Å². The highest BCUT2D eigenvalue weighted by molar-refractivity contribution is 6.23. The minimum Gasteiger partial charge on any atom is -0.454 e. The van der Waals surface area contributed by atoms with Crippen LogP contribution in [0, 0.1) is 0 Å². The Kier molecular flexibility index (Phi) is 5.82. The molecule has 0 bridgehead atoms. The molecule has 42 heavy (non-hydrogen) atoms. The average Bonchev–Trinajstić information content (AvgIpc) is 3.46. The molecule has 8 rings (SSSR count). The highest BCUT2D eigenvalue weighted by Crippen LogP contribution is 2.45. The standard InChI is InChI=1S/C40H27NO/c1-3-13-28(14-4-1)29-16-11-17-30(25-29)31-18-12-21-34(26-31)41(33-19-5-2-6-20-33)37-27-32-15-7-8-22-35(32)39-36-23-9-10-24-38(36)42-40(37)39/h1-27H. The molecule has 0 aliphatic carbocycles. The molecule has 0 unspecified atom stereocenters. The van der Waals surface area contributed by atoms with Gasteiger partial charge in [-0.05, 0) is 75.5 Å². The van der Waals surface area contributed by atoms with E-state index in [-0.39, 0.29) is 0 Å². The lowest BCUT2D eigenvalue weighted by atomic mass is 9.98. The molecule has 1 aromatic heterocycles. The van der Waals surface area contributed by atoms with Gasteiger partial charge in [-0.1, -0.05) is 121 Å². The monoisotopic (exact) mass is 537 g/mol. The van der Waals surface area contributed by atoms with E-state index in [9.17, 15) is 0 Å². The topological polar surface area (TPSA) is 16.4 Å². The van der Waals surface area contributed by atoms with Crippen LogP contribution in [0.5, 0.6) is 0 Å². The van der Waals surface area contributed by atoms with Crippen molar-refractivity contribution in [2.24, 2.45) is 0 Å². The van der Waals surface area contributed by atoms with E-state index in [2.05, 4.69) is 163 Å². The summed E-state index contributed by atoms with van der Waals surface area (Å²) < 4.78 is 6.65. The van der Waals surface area contributed by atoms with Gasteiger partial charge in [0.05, 0.1) is 5.69 Å². The number of fused-ring (bicyclic) bond motifs is 5. The van der Waals surface area contributed by atoms with E-state index in [1.807, 2.05) is 6.07 Å². The summed E-state index contributed by atoms with van der Waals surface area (Å²) in [5, 5.41) is 4.65. The first-order valence-electron chi connectivity index (χ1n) is 14.3. The summed E-state index contributed by atoms with van der Waals surface area (Å²) in [6.07, 6.45) is 0. The van der Waals surface area contributed by atoms with Crippen molar-refractivity contribution in [1.29, 1.82) is 0 Å². The van der Waals surface area contributed by atoms with Crippen molar-refractivity contribution in [3.05, 3.63) is 164 Å². The molecule has 1 heterocycles. The number of para-hydroxylation sites is 2. The SMILES string of the molecule is c1ccc(-c2cccc(-c3cccc(N(c4ccccc4)c4cc5ccccc5c5c4oc4ccccc45)c3)c2)cc1. The first-order valence-corrected chi connectivity index (χ1v) is 14.3. The van der Waals surface area contributed by atoms with Crippen molar-refractivity contribution in [2.75, 3.05) is 4.90 Å². The van der Waals surface area contributed by atoms with Gasteiger partial charge < -0.3 is 9.32 Å². The van der Waals surface area contributed by atoms with E-state index in [0.29, 0.717) is 0 Å². The molecular formula is C40H27NO. The highest BCUT2D eigenvalue weighted by atomic mass is 16.3. The maximum absolute atomic E-state index is 6.65. The first-order chi connectivity index (χ1) is 20.8. The molecule has 0 radical (unpaired) electrons. The van der Waals surface area contributed by atoms with Crippen LogP contribution in [-0.2, 0) is 0 Å². The molecule has 0 aliphatic rings. The van der Waals surface area contributed by atoms with Crippen molar-refractivity contribution < 1.29 is 4.42 Å². The second kappa shape index (κ2) is 10.1. The quantitative estimate of drug-likeness (QED) is 0.217. The molecular weight excluding hydrogens is 510 g/mol. The van der Waals surface area contributed by atoms with Gasteiger partial charge in [-0.25, -0.2) is 0 Å². The van der Waals surface area contributed by atoms with Crippen LogP contribution in [0.1, 0.15) is 0 Å². The number of hydrogen-bond acceptors (Lipinski definition) is 2. The lowest BCUT2D eigenvalue weighted by Gasteiger charge is -2.26. The Morgan fingerprint density at radius 3 is 1.79 bits per heavy atom. The minimum atomic E-state index is 0.884. The van der Waals surface area contributed by atoms with Gasteiger partial charge in [0.15, 0.2) is 5.58 Å². The fourth-order valence-electron chi connectivity index (χ4n) is 6.06. The van der Waals surface area contributed by atoms with Gasteiger partial charge in [-0.2, -0.15) is 0 Å². The summed E-state index contributed by atoms with van der Waals surface area (Å²) in [6.45, 7) is 0. The van der Waals surface area contributed by atoms with Crippen LogP contribution in [0.25, 0.3) is 55.0 Å². The van der Waals surface area contributed by atoms with Crippen LogP contribution in [0.3, 0.4) is 0 Å². The van der Waals surface area contributed by atoms with E-state index in [4.69, 9.17) is 4.42 Å². The van der Waals surface area contributed by atoms with Crippen LogP contribution in [0.15, 0.2) is 168 Å². The van der Waals surface area contributed by atoms with Crippen molar-refractivity contribution in [3.8, 4) is 22.3 Å². The van der Waals surface area contributed by atoms with Gasteiger partial charge in [0, 0.05) is 22.1 Å². The van der Waals surface area contributed by atoms with E-state index < -0.39 is 0 Å². The minimum absolute atomic E-state index is 0.884. The summed E-state index contributed by atoms with van der Waals surface area (Å²) in [4.78, 5) is 2.32. The van der Waals surface area contributed by atoms with Crippen LogP contribution in [-0.4, -0.2) is 0 Å². The summed E-state index contributed by atoms with van der Waals surface area (Å²) in [5.41, 5.74) is 9.69. The Morgan fingerprint density at radius 2 is 0.976 bits per heavy atom. The molecule has 0 N–H and O–H groups in total. The Balaban J connectivity index is 1.36. The third-order valence-electron chi connectivity index (χ3n) is 8.01. The van der Waals surface area contributed by atoms with Crippen LogP contribution < -0.4 is 4.90 Å². The predicted octanol–water partition coefficient (Wildman–Crippen LogP) is 11.5. The third-order valence-corrected chi connectivity index (χ3v) is 8.01. The van der Waals surface area contributed by atoms with Gasteiger partial charge in [0.2, 0.25) is 0 Å². The van der Waals surface area contributed by atoms with Gasteiger partial charge in [0.1, 0.15) is 5.58 Å². The smallest absolute Gasteiger partial charge is 0.160 e. The molecule has 0 saturated carbocycles. The van der Waals surface area contributed by atoms with E-state index >= 15 is 0 Å². The summed E-state index contributed by atoms with van der Waals surface area (Å²) in [6, 6.07) is 57.8. The van der Waals surface area contributed by atoms with Gasteiger partial charge in [-0.3, -0.25) is 0 Å². The number of anilines is 3. The molecule has 0 aliphatic heterocycles. The Bertz CT molecular complexity index is 2200. The highest BCUT2D eigenvalue weighted by Gasteiger charge is 2.21. The number of rotatable bonds is 5. The van der Waals surface area contributed by atoms with Crippen LogP contribution in [0.2, 0.25) is 0 Å². The Hall–Kier alpha value is -5.60. The van der Waals surface area contributed by atoms with Crippen molar-refractivity contribution >= 4 is 49.8 Å². The van der Waals surface area contributed by atoms with Gasteiger partial charge in [0.25, 0.3) is 0 Å². The zero-order chi connectivity index (χ0) is 27.9. The lowest BCUT2D eigenvalue weighted by Crippen LogP contribution is -2.10. The molecule has 198 valence electrons. The first kappa shape index (κ1) is 24.2. The number of furan rings is 1. The van der Waals surface area contributed by atoms with Crippen molar-refractivity contribution in [2.45, 2.75) is 0 Å². The fourth-order valence-corrected chi connectivity index (χ4v) is 6.06. The zero-order valence-electron chi connectivity index (χ0n) is 22.9. The normalized spacial score (nSPS) is 11.3. The molecule has 0 spiro atoms. The molecule has 0 amide bonds. The van der Waals surface area contributed by atoms with Crippen molar-refractivity contribution in [3.63, 3.8) is 0 Å². The zero-order valence-corrected chi connectivity index (χ0v) is 22.9. The molecule has 0 fully saturated rings. The molecule has 0 saturated heterocycles. The summed E-state index contributed by atoms with van der Waals surface area (Å²) >= 11 is 0. The average molecular weight is 538 g/mol. The maximum Gasteiger partial charge on any atom is 0.160 e. The molecule has 8 aromatic rings. The lowest BCUT2D eigenvalue weighted by molar-refractivity contribution is 0.669. The van der Waals surface area contributed by atoms with Crippen LogP contribution in [0.4, 0.5) is 17.1 Å². The second-order valence-corrected chi connectivity index (χ2v) is 10.6. The number of benzene rings is 7. The Labute approximate surface area is 244 Å². The second-order valence-electron chi connectivity index (χ2n) is 10.6. The Morgan fingerprint density at radius 1 is 0.405 bits per heavy atom. The molecule has 0 atom stereocenters. The maximum atomic E-state index is 6.65. The van der Waals surface area contributed by atoms with Gasteiger partial charge >= 0.3 is 0 Å². The molecule has 7 aromatic carbocycles. The van der Waals surface area contributed by atoms with E-state index in [0.717, 1.165) is 44.6 Å². The molecule has 2 heteroatoms. The number of nitrogens with zero attached hydrogens (tertiary/aromatic N) is 1. The molecule has 2 nitrogen and oxygen atoms in total. The predicted molar refractivity (Wildman–Crippen MR) is 177 cm³/mol. The summed E-state index contributed by atoms with van der Waals surface area (Å²) in [7, 11) is 0. The number of hydrogen-bond donors (Lipinski definition) is 0. The third kappa shape index (κ3) is 4.13. The van der Waals surface area contributed by atoms with E-state index in [1.54, 1.807) is 0 Å².